The summed E-state index contributed by atoms with van der Waals surface area (Å²) in [5.41, 5.74) is 3.49. The molecule has 0 aliphatic heterocycles. The molecule has 0 saturated carbocycles. The Hall–Kier alpha value is -3.56. The number of oxazole rings is 1. The molecule has 9 heteroatoms. The van der Waals surface area contributed by atoms with Crippen molar-refractivity contribution in [2.45, 2.75) is 19.9 Å². The second-order valence-electron chi connectivity index (χ2n) is 7.59. The lowest BCUT2D eigenvalue weighted by Crippen LogP contribution is -2.33. The molecule has 0 spiro atoms. The first-order chi connectivity index (χ1) is 16.1. The molecule has 4 aromatic heterocycles. The van der Waals surface area contributed by atoms with E-state index in [1.807, 2.05) is 54.1 Å². The molecule has 0 atom stereocenters. The summed E-state index contributed by atoms with van der Waals surface area (Å²) in [7, 11) is 0. The van der Waals surface area contributed by atoms with E-state index in [1.165, 1.54) is 27.8 Å². The zero-order valence-corrected chi connectivity index (χ0v) is 19.4. The molecule has 5 aromatic rings. The van der Waals surface area contributed by atoms with Crippen LogP contribution in [0.25, 0.3) is 32.1 Å². The van der Waals surface area contributed by atoms with Gasteiger partial charge in [0.05, 0.1) is 17.4 Å². The van der Waals surface area contributed by atoms with Crippen LogP contribution in [0.3, 0.4) is 0 Å². The van der Waals surface area contributed by atoms with E-state index < -0.39 is 0 Å². The van der Waals surface area contributed by atoms with Crippen molar-refractivity contribution in [2.75, 3.05) is 6.54 Å². The van der Waals surface area contributed by atoms with Gasteiger partial charge in [0.2, 0.25) is 11.8 Å². The molecule has 0 bridgehead atoms. The summed E-state index contributed by atoms with van der Waals surface area (Å²) in [5, 5.41) is 7.32. The number of thiophene rings is 2. The molecule has 5 rings (SSSR count). The normalized spacial score (nSPS) is 11.2. The van der Waals surface area contributed by atoms with E-state index in [0.29, 0.717) is 29.1 Å². The fraction of sp³-hybridized carbons (Fsp3) is 0.167. The fourth-order valence-corrected chi connectivity index (χ4v) is 5.21. The van der Waals surface area contributed by atoms with E-state index in [-0.39, 0.29) is 18.0 Å². The van der Waals surface area contributed by atoms with Crippen molar-refractivity contribution >= 4 is 38.8 Å². The van der Waals surface area contributed by atoms with Gasteiger partial charge in [-0.3, -0.25) is 14.2 Å². The maximum Gasteiger partial charge on any atom is 0.263 e. The van der Waals surface area contributed by atoms with Crippen LogP contribution in [-0.2, 0) is 17.8 Å². The second kappa shape index (κ2) is 9.13. The predicted octanol–water partition coefficient (Wildman–Crippen LogP) is 4.51. The highest BCUT2D eigenvalue weighted by atomic mass is 32.1. The molecule has 0 saturated heterocycles. The van der Waals surface area contributed by atoms with Gasteiger partial charge in [-0.05, 0) is 30.5 Å². The van der Waals surface area contributed by atoms with E-state index in [1.54, 1.807) is 17.6 Å². The largest absolute Gasteiger partial charge is 0.444 e. The number of benzene rings is 1. The first-order valence-corrected chi connectivity index (χ1v) is 12.1. The Balaban J connectivity index is 1.22. The maximum absolute atomic E-state index is 13.0. The van der Waals surface area contributed by atoms with Crippen molar-refractivity contribution in [1.29, 1.82) is 0 Å². The average Bonchev–Trinajstić information content (AvgIpc) is 3.57. The highest BCUT2D eigenvalue weighted by Gasteiger charge is 2.15. The second-order valence-corrected chi connectivity index (χ2v) is 9.40. The lowest BCUT2D eigenvalue weighted by atomic mass is 10.1. The van der Waals surface area contributed by atoms with Crippen molar-refractivity contribution in [3.05, 3.63) is 81.4 Å². The maximum atomic E-state index is 13.0. The van der Waals surface area contributed by atoms with Crippen molar-refractivity contribution in [1.82, 2.24) is 19.9 Å². The van der Waals surface area contributed by atoms with Gasteiger partial charge in [0.25, 0.3) is 5.56 Å². The number of carbonyl (C=O) groups is 1. The molecule has 166 valence electrons. The molecular formula is C24H20N4O3S2. The first-order valence-electron chi connectivity index (χ1n) is 10.4. The van der Waals surface area contributed by atoms with E-state index in [9.17, 15) is 9.59 Å². The van der Waals surface area contributed by atoms with E-state index in [0.717, 1.165) is 21.7 Å². The minimum absolute atomic E-state index is 0.0884. The number of nitrogens with zero attached hydrogens (tertiary/aromatic N) is 3. The Morgan fingerprint density at radius 2 is 2.03 bits per heavy atom. The number of rotatable bonds is 7. The number of aromatic nitrogens is 3. The zero-order chi connectivity index (χ0) is 22.8. The zero-order valence-electron chi connectivity index (χ0n) is 17.8. The molecule has 0 unspecified atom stereocenters. The van der Waals surface area contributed by atoms with Crippen LogP contribution in [0.1, 0.15) is 11.3 Å². The van der Waals surface area contributed by atoms with Crippen LogP contribution >= 0.6 is 22.7 Å². The van der Waals surface area contributed by atoms with Gasteiger partial charge >= 0.3 is 0 Å². The summed E-state index contributed by atoms with van der Waals surface area (Å²) in [4.78, 5) is 36.0. The van der Waals surface area contributed by atoms with Crippen molar-refractivity contribution < 1.29 is 9.21 Å². The van der Waals surface area contributed by atoms with Crippen molar-refractivity contribution in [3.8, 4) is 21.9 Å². The minimum Gasteiger partial charge on any atom is -0.444 e. The Labute approximate surface area is 197 Å². The molecule has 4 heterocycles. The van der Waals surface area contributed by atoms with Crippen molar-refractivity contribution in [2.24, 2.45) is 0 Å². The van der Waals surface area contributed by atoms with Crippen LogP contribution in [0.2, 0.25) is 0 Å². The number of fused-ring (bicyclic) bond motifs is 1. The van der Waals surface area contributed by atoms with Gasteiger partial charge in [0, 0.05) is 34.3 Å². The van der Waals surface area contributed by atoms with Crippen LogP contribution in [-0.4, -0.2) is 27.0 Å². The van der Waals surface area contributed by atoms with Gasteiger partial charge in [0.1, 0.15) is 17.6 Å². The van der Waals surface area contributed by atoms with Gasteiger partial charge in [-0.2, -0.15) is 0 Å². The summed E-state index contributed by atoms with van der Waals surface area (Å²) in [6.07, 6.45) is 3.57. The third kappa shape index (κ3) is 4.50. The van der Waals surface area contributed by atoms with Crippen LogP contribution in [0.5, 0.6) is 0 Å². The SMILES string of the molecule is Cc1ccc(-c2nc(CCNC(=O)Cn3cnc4scc(-c5cccs5)c4c3=O)co2)cc1. The Morgan fingerprint density at radius 1 is 1.18 bits per heavy atom. The van der Waals surface area contributed by atoms with Gasteiger partial charge < -0.3 is 9.73 Å². The quantitative estimate of drug-likeness (QED) is 0.373. The highest BCUT2D eigenvalue weighted by molar-refractivity contribution is 7.18. The van der Waals surface area contributed by atoms with E-state index >= 15 is 0 Å². The molecule has 33 heavy (non-hydrogen) atoms. The summed E-state index contributed by atoms with van der Waals surface area (Å²) in [6, 6.07) is 11.9. The summed E-state index contributed by atoms with van der Waals surface area (Å²) >= 11 is 3.00. The van der Waals surface area contributed by atoms with Crippen LogP contribution in [0.4, 0.5) is 0 Å². The number of amides is 1. The molecule has 1 N–H and O–H groups in total. The molecule has 1 aromatic carbocycles. The van der Waals surface area contributed by atoms with Gasteiger partial charge in [0.15, 0.2) is 0 Å². The summed E-state index contributed by atoms with van der Waals surface area (Å²) < 4.78 is 6.91. The molecule has 0 fully saturated rings. The summed E-state index contributed by atoms with van der Waals surface area (Å²) in [6.45, 7) is 2.33. The van der Waals surface area contributed by atoms with Crippen molar-refractivity contribution in [3.63, 3.8) is 0 Å². The number of hydrogen-bond donors (Lipinski definition) is 1. The van der Waals surface area contributed by atoms with Gasteiger partial charge in [-0.1, -0.05) is 23.8 Å². The molecule has 0 aliphatic rings. The average molecular weight is 477 g/mol. The first kappa shape index (κ1) is 21.3. The van der Waals surface area contributed by atoms with Crippen LogP contribution in [0.15, 0.2) is 69.0 Å². The van der Waals surface area contributed by atoms with Crippen LogP contribution < -0.4 is 10.9 Å². The molecule has 1 amide bonds. The topological polar surface area (TPSA) is 90.0 Å². The Morgan fingerprint density at radius 3 is 2.82 bits per heavy atom. The van der Waals surface area contributed by atoms with Crippen LogP contribution in [0, 0.1) is 6.92 Å². The summed E-state index contributed by atoms with van der Waals surface area (Å²) in [5.74, 6) is 0.299. The van der Waals surface area contributed by atoms with E-state index in [2.05, 4.69) is 15.3 Å². The minimum atomic E-state index is -0.256. The van der Waals surface area contributed by atoms with E-state index in [4.69, 9.17) is 4.42 Å². The number of hydrogen-bond acceptors (Lipinski definition) is 7. The molecule has 7 nitrogen and oxygen atoms in total. The third-order valence-electron chi connectivity index (χ3n) is 5.21. The Bertz CT molecular complexity index is 1460. The molecule has 0 radical (unpaired) electrons. The molecular weight excluding hydrogens is 456 g/mol. The lowest BCUT2D eigenvalue weighted by molar-refractivity contribution is -0.121. The third-order valence-corrected chi connectivity index (χ3v) is 7.00. The number of nitrogens with one attached hydrogen (secondary N) is 1. The highest BCUT2D eigenvalue weighted by Crippen LogP contribution is 2.33. The van der Waals surface area contributed by atoms with Gasteiger partial charge in [-0.15, -0.1) is 22.7 Å². The smallest absolute Gasteiger partial charge is 0.263 e. The monoisotopic (exact) mass is 476 g/mol. The lowest BCUT2D eigenvalue weighted by Gasteiger charge is -2.07. The fourth-order valence-electron chi connectivity index (χ4n) is 3.48. The number of aryl methyl sites for hydroxylation is 1. The Kier molecular flexibility index (Phi) is 5.89. The van der Waals surface area contributed by atoms with Gasteiger partial charge in [-0.25, -0.2) is 9.97 Å². The predicted molar refractivity (Wildman–Crippen MR) is 131 cm³/mol. The number of carbonyl (C=O) groups excluding carboxylic acids is 1. The molecule has 0 aliphatic carbocycles. The standard InChI is InChI=1S/C24H20N4O3S2/c1-15-4-6-16(7-5-15)22-27-17(12-31-22)8-9-25-20(29)11-28-14-26-23-21(24(28)30)18(13-33-23)19-3-2-10-32-19/h2-7,10,12-14H,8-9,11H2,1H3,(H,25,29).